The lowest BCUT2D eigenvalue weighted by Crippen LogP contribution is -2.48. The summed E-state index contributed by atoms with van der Waals surface area (Å²) >= 11 is 0. The van der Waals surface area contributed by atoms with Crippen molar-refractivity contribution in [2.24, 2.45) is 0 Å². The predicted octanol–water partition coefficient (Wildman–Crippen LogP) is 3.87. The van der Waals surface area contributed by atoms with E-state index in [9.17, 15) is 19.3 Å². The van der Waals surface area contributed by atoms with Gasteiger partial charge in [0, 0.05) is 62.3 Å². The molecule has 0 saturated carbocycles. The zero-order chi connectivity index (χ0) is 29.4. The molecule has 0 N–H and O–H groups in total. The minimum absolute atomic E-state index is 0.0436. The molecule has 6 heterocycles. The van der Waals surface area contributed by atoms with Crippen molar-refractivity contribution < 1.29 is 18.8 Å². The maximum atomic E-state index is 14.5. The molecule has 0 aliphatic carbocycles. The molecule has 2 atom stereocenters. The third kappa shape index (κ3) is 5.22. The summed E-state index contributed by atoms with van der Waals surface area (Å²) in [6.07, 6.45) is 7.85. The number of nitrogens with zero attached hydrogens (tertiary/aromatic N) is 7. The molecule has 0 aromatic carbocycles. The molecule has 218 valence electrons. The lowest BCUT2D eigenvalue weighted by molar-refractivity contribution is -0.389. The van der Waals surface area contributed by atoms with E-state index in [2.05, 4.69) is 24.8 Å². The standard InChI is InChI=1S/C29H30FN7O5/c1-18-17-42-29-23(30)12-33-26-27(29)36(18)15-20(28(26)38)14-35(13-19-7-8-31-25(10-19)41-2)22-4-3-9-34(16-22)21-5-6-24(32-11-21)37(39)40/h5-8,10-12,15,18,22H,3-4,9,13-14,16-17H2,1-2H3/t18?,22-/m0/s1. The van der Waals surface area contributed by atoms with Crippen molar-refractivity contribution in [2.75, 3.05) is 31.7 Å². The van der Waals surface area contributed by atoms with Gasteiger partial charge < -0.3 is 29.1 Å². The van der Waals surface area contributed by atoms with Crippen LogP contribution in [0.15, 0.2) is 53.8 Å². The van der Waals surface area contributed by atoms with E-state index < -0.39 is 10.7 Å². The van der Waals surface area contributed by atoms with Gasteiger partial charge in [-0.15, -0.1) is 0 Å². The van der Waals surface area contributed by atoms with Gasteiger partial charge >= 0.3 is 5.82 Å². The van der Waals surface area contributed by atoms with Gasteiger partial charge in [0.15, 0.2) is 17.8 Å². The molecule has 4 aromatic rings. The molecule has 2 aliphatic heterocycles. The number of nitro groups is 1. The fourth-order valence-corrected chi connectivity index (χ4v) is 5.78. The van der Waals surface area contributed by atoms with Gasteiger partial charge in [-0.2, -0.15) is 0 Å². The molecule has 6 rings (SSSR count). The van der Waals surface area contributed by atoms with Crippen molar-refractivity contribution in [3.63, 3.8) is 0 Å². The number of methoxy groups -OCH3 is 1. The van der Waals surface area contributed by atoms with Crippen LogP contribution in [0.3, 0.4) is 0 Å². The van der Waals surface area contributed by atoms with E-state index in [0.29, 0.717) is 36.6 Å². The number of hydrogen-bond donors (Lipinski definition) is 0. The van der Waals surface area contributed by atoms with Crippen LogP contribution in [-0.2, 0) is 13.1 Å². The fraction of sp³-hybridized carbons (Fsp3) is 0.379. The van der Waals surface area contributed by atoms with Crippen molar-refractivity contribution in [2.45, 2.75) is 44.9 Å². The third-order valence-corrected chi connectivity index (χ3v) is 7.93. The normalized spacial score (nSPS) is 18.2. The summed E-state index contributed by atoms with van der Waals surface area (Å²) in [4.78, 5) is 41.2. The molecule has 12 nitrogen and oxygen atoms in total. The minimum Gasteiger partial charge on any atom is -0.486 e. The van der Waals surface area contributed by atoms with Crippen molar-refractivity contribution >= 4 is 22.5 Å². The lowest BCUT2D eigenvalue weighted by Gasteiger charge is -2.40. The highest BCUT2D eigenvalue weighted by Crippen LogP contribution is 2.33. The van der Waals surface area contributed by atoms with Crippen LogP contribution in [0.2, 0.25) is 0 Å². The highest BCUT2D eigenvalue weighted by molar-refractivity contribution is 5.82. The summed E-state index contributed by atoms with van der Waals surface area (Å²) in [5.41, 5.74) is 2.63. The maximum Gasteiger partial charge on any atom is 0.363 e. The van der Waals surface area contributed by atoms with E-state index in [1.54, 1.807) is 19.4 Å². The molecule has 1 unspecified atom stereocenters. The van der Waals surface area contributed by atoms with Crippen molar-refractivity contribution in [1.82, 2.24) is 24.4 Å². The Morgan fingerprint density at radius 2 is 2.07 bits per heavy atom. The van der Waals surface area contributed by atoms with Gasteiger partial charge in [0.1, 0.15) is 17.6 Å². The summed E-state index contributed by atoms with van der Waals surface area (Å²) in [5, 5.41) is 11.1. The molecule has 0 bridgehead atoms. The summed E-state index contributed by atoms with van der Waals surface area (Å²) in [7, 11) is 1.57. The molecule has 13 heteroatoms. The average Bonchev–Trinajstić information content (AvgIpc) is 3.01. The van der Waals surface area contributed by atoms with Crippen LogP contribution in [0.25, 0.3) is 11.0 Å². The van der Waals surface area contributed by atoms with Crippen molar-refractivity contribution in [3.05, 3.63) is 86.3 Å². The Hall–Kier alpha value is -4.65. The Balaban J connectivity index is 1.36. The fourth-order valence-electron chi connectivity index (χ4n) is 5.78. The zero-order valence-corrected chi connectivity index (χ0v) is 23.3. The van der Waals surface area contributed by atoms with E-state index in [1.165, 1.54) is 12.3 Å². The Kier molecular flexibility index (Phi) is 7.42. The lowest BCUT2D eigenvalue weighted by atomic mass is 10.0. The Labute approximate surface area is 240 Å². The van der Waals surface area contributed by atoms with E-state index in [-0.39, 0.29) is 41.2 Å². The van der Waals surface area contributed by atoms with E-state index in [4.69, 9.17) is 9.47 Å². The number of pyridine rings is 4. The van der Waals surface area contributed by atoms with E-state index in [0.717, 1.165) is 36.8 Å². The molecule has 0 amide bonds. The smallest absolute Gasteiger partial charge is 0.363 e. The average molecular weight is 576 g/mol. The molecular weight excluding hydrogens is 545 g/mol. The Morgan fingerprint density at radius 3 is 2.83 bits per heavy atom. The second-order valence-electron chi connectivity index (χ2n) is 10.7. The molecule has 1 fully saturated rings. The molecule has 1 saturated heterocycles. The van der Waals surface area contributed by atoms with E-state index in [1.807, 2.05) is 29.8 Å². The first-order valence-electron chi connectivity index (χ1n) is 13.8. The molecule has 4 aromatic heterocycles. The zero-order valence-electron chi connectivity index (χ0n) is 23.3. The summed E-state index contributed by atoms with van der Waals surface area (Å²) < 4.78 is 27.4. The molecule has 0 spiro atoms. The second-order valence-corrected chi connectivity index (χ2v) is 10.7. The monoisotopic (exact) mass is 575 g/mol. The van der Waals surface area contributed by atoms with Gasteiger partial charge in [-0.1, -0.05) is 0 Å². The van der Waals surface area contributed by atoms with Gasteiger partial charge in [0.25, 0.3) is 0 Å². The summed E-state index contributed by atoms with van der Waals surface area (Å²) in [5.74, 6) is -0.233. The molecule has 0 radical (unpaired) electrons. The largest absolute Gasteiger partial charge is 0.486 e. The van der Waals surface area contributed by atoms with Crippen LogP contribution in [0.1, 0.15) is 36.9 Å². The predicted molar refractivity (Wildman–Crippen MR) is 152 cm³/mol. The molecular formula is C29H30FN7O5. The highest BCUT2D eigenvalue weighted by atomic mass is 19.1. The number of aromatic nitrogens is 4. The van der Waals surface area contributed by atoms with E-state index >= 15 is 0 Å². The van der Waals surface area contributed by atoms with Crippen LogP contribution in [-0.4, -0.2) is 62.2 Å². The first-order valence-corrected chi connectivity index (χ1v) is 13.8. The Morgan fingerprint density at radius 1 is 1.21 bits per heavy atom. The van der Waals surface area contributed by atoms with Crippen LogP contribution in [0, 0.1) is 15.9 Å². The number of hydrogen-bond acceptors (Lipinski definition) is 10. The number of piperidine rings is 1. The minimum atomic E-state index is -0.591. The van der Waals surface area contributed by atoms with Crippen LogP contribution in [0.5, 0.6) is 11.6 Å². The Bertz CT molecular complexity index is 1700. The molecule has 42 heavy (non-hydrogen) atoms. The van der Waals surface area contributed by atoms with Crippen LogP contribution in [0.4, 0.5) is 15.9 Å². The van der Waals surface area contributed by atoms with Gasteiger partial charge in [-0.05, 0) is 47.4 Å². The van der Waals surface area contributed by atoms with Gasteiger partial charge in [0.2, 0.25) is 11.3 Å². The number of ether oxygens (including phenoxy) is 2. The summed E-state index contributed by atoms with van der Waals surface area (Å²) in [6, 6.07) is 6.86. The van der Waals surface area contributed by atoms with Gasteiger partial charge in [-0.3, -0.25) is 9.69 Å². The molecule has 2 aliphatic rings. The summed E-state index contributed by atoms with van der Waals surface area (Å²) in [6.45, 7) is 4.52. The van der Waals surface area contributed by atoms with Gasteiger partial charge in [-0.25, -0.2) is 14.4 Å². The van der Waals surface area contributed by atoms with Crippen molar-refractivity contribution in [1.29, 1.82) is 0 Å². The second kappa shape index (κ2) is 11.3. The first-order chi connectivity index (χ1) is 20.3. The number of anilines is 1. The third-order valence-electron chi connectivity index (χ3n) is 7.93. The number of halogens is 1. The van der Waals surface area contributed by atoms with Crippen LogP contribution >= 0.6 is 0 Å². The quantitative estimate of drug-likeness (QED) is 0.226. The maximum absolute atomic E-state index is 14.5. The van der Waals surface area contributed by atoms with Crippen LogP contribution < -0.4 is 19.8 Å². The highest BCUT2D eigenvalue weighted by Gasteiger charge is 2.30. The van der Waals surface area contributed by atoms with Gasteiger partial charge in [0.05, 0.1) is 25.0 Å². The SMILES string of the molecule is COc1cc(CN(Cc2cn3c4c(c(F)cnc4c2=O)OCC3C)[C@H]2CCCN(c3ccc([N+](=O)[O-])nc3)C2)ccn1. The topological polar surface area (TPSA) is 129 Å². The number of rotatable bonds is 8. The van der Waals surface area contributed by atoms with Crippen molar-refractivity contribution in [3.8, 4) is 11.6 Å². The first kappa shape index (κ1) is 27.5.